The molecule has 2 heterocycles. The predicted molar refractivity (Wildman–Crippen MR) is 207 cm³/mol. The molecule has 0 spiro atoms. The summed E-state index contributed by atoms with van der Waals surface area (Å²) in [6.07, 6.45) is 0. The van der Waals surface area contributed by atoms with Gasteiger partial charge in [-0.1, -0.05) is 170 Å². The van der Waals surface area contributed by atoms with Gasteiger partial charge in [0.05, 0.1) is 11.4 Å². The van der Waals surface area contributed by atoms with Crippen LogP contribution in [0.4, 0.5) is 0 Å². The third-order valence-electron chi connectivity index (χ3n) is 9.52. The van der Waals surface area contributed by atoms with Crippen LogP contribution in [0, 0.1) is 6.92 Å². The largest absolute Gasteiger partial charge is 0.455 e. The highest BCUT2D eigenvalue weighted by molar-refractivity contribution is 6.10. The molecule has 50 heavy (non-hydrogen) atoms. The normalized spacial score (nSPS) is 11.3. The van der Waals surface area contributed by atoms with E-state index in [0.29, 0.717) is 5.82 Å². The Balaban J connectivity index is 1.31. The van der Waals surface area contributed by atoms with E-state index in [2.05, 4.69) is 153 Å². The molecule has 236 valence electrons. The van der Waals surface area contributed by atoms with Gasteiger partial charge in [0.1, 0.15) is 11.3 Å². The molecule has 0 unspecified atom stereocenters. The van der Waals surface area contributed by atoms with E-state index < -0.39 is 0 Å². The van der Waals surface area contributed by atoms with Crippen LogP contribution >= 0.6 is 0 Å². The van der Waals surface area contributed by atoms with Crippen molar-refractivity contribution in [2.75, 3.05) is 0 Å². The molecule has 7 aromatic carbocycles. The number of hydrogen-bond acceptors (Lipinski definition) is 3. The zero-order valence-electron chi connectivity index (χ0n) is 27.5. The molecule has 9 aromatic rings. The number of fused-ring (bicyclic) bond motifs is 2. The molecule has 2 aromatic heterocycles. The van der Waals surface area contributed by atoms with Gasteiger partial charge >= 0.3 is 0 Å². The van der Waals surface area contributed by atoms with Gasteiger partial charge in [0.2, 0.25) is 0 Å². The molecule has 0 N–H and O–H groups in total. The second kappa shape index (κ2) is 12.5. The van der Waals surface area contributed by atoms with Crippen LogP contribution in [0.5, 0.6) is 0 Å². The lowest BCUT2D eigenvalue weighted by atomic mass is 9.86. The van der Waals surface area contributed by atoms with E-state index in [1.807, 2.05) is 30.3 Å². The van der Waals surface area contributed by atoms with E-state index in [1.165, 1.54) is 10.8 Å². The Kier molecular flexibility index (Phi) is 7.37. The molecule has 0 saturated carbocycles. The van der Waals surface area contributed by atoms with Gasteiger partial charge in [-0.25, -0.2) is 9.97 Å². The fourth-order valence-electron chi connectivity index (χ4n) is 7.09. The van der Waals surface area contributed by atoms with E-state index in [4.69, 9.17) is 14.4 Å². The predicted octanol–water partition coefficient (Wildman–Crippen LogP) is 12.7. The second-order valence-corrected chi connectivity index (χ2v) is 12.6. The molecule has 9 rings (SSSR count). The van der Waals surface area contributed by atoms with E-state index in [-0.39, 0.29) is 0 Å². The maximum atomic E-state index is 6.80. The van der Waals surface area contributed by atoms with Crippen molar-refractivity contribution in [1.29, 1.82) is 0 Å². The summed E-state index contributed by atoms with van der Waals surface area (Å²) in [5.41, 5.74) is 12.3. The highest BCUT2D eigenvalue weighted by Crippen LogP contribution is 2.46. The van der Waals surface area contributed by atoms with Crippen LogP contribution in [0.15, 0.2) is 180 Å². The minimum absolute atomic E-state index is 0.694. The standard InChI is InChI=1S/C47H32N2O/c1-31-36-26-15-27-41(46(36)50-45(31)34-19-7-3-8-20-34)40-29-28-32-16-11-12-23-37(32)44(40)39-25-14-13-24-38(39)43-30-42(33-17-5-2-6-18-33)48-47(49-43)35-21-9-4-10-22-35/h2-30H,1H3. The van der Waals surface area contributed by atoms with Gasteiger partial charge in [-0.3, -0.25) is 0 Å². The van der Waals surface area contributed by atoms with Crippen molar-refractivity contribution in [3.63, 3.8) is 0 Å². The number of hydrogen-bond donors (Lipinski definition) is 0. The molecule has 0 fully saturated rings. The van der Waals surface area contributed by atoms with Crippen LogP contribution in [-0.4, -0.2) is 9.97 Å². The summed E-state index contributed by atoms with van der Waals surface area (Å²) in [6, 6.07) is 61.2. The second-order valence-electron chi connectivity index (χ2n) is 12.6. The van der Waals surface area contributed by atoms with Crippen LogP contribution in [0.1, 0.15) is 5.56 Å². The molecule has 0 aliphatic carbocycles. The first-order valence-corrected chi connectivity index (χ1v) is 16.9. The number of aromatic nitrogens is 2. The quantitative estimate of drug-likeness (QED) is 0.182. The molecule has 0 aliphatic heterocycles. The molecule has 0 radical (unpaired) electrons. The third kappa shape index (κ3) is 5.17. The topological polar surface area (TPSA) is 38.9 Å². The molecular weight excluding hydrogens is 609 g/mol. The summed E-state index contributed by atoms with van der Waals surface area (Å²) >= 11 is 0. The first-order valence-electron chi connectivity index (χ1n) is 16.9. The fourth-order valence-corrected chi connectivity index (χ4v) is 7.09. The van der Waals surface area contributed by atoms with E-state index in [9.17, 15) is 0 Å². The van der Waals surface area contributed by atoms with Gasteiger partial charge in [-0.15, -0.1) is 0 Å². The van der Waals surface area contributed by atoms with Crippen molar-refractivity contribution in [2.24, 2.45) is 0 Å². The Morgan fingerprint density at radius 3 is 1.76 bits per heavy atom. The van der Waals surface area contributed by atoms with Gasteiger partial charge in [0, 0.05) is 38.8 Å². The number of rotatable bonds is 6. The van der Waals surface area contributed by atoms with E-state index >= 15 is 0 Å². The maximum absolute atomic E-state index is 6.80. The Morgan fingerprint density at radius 2 is 1.00 bits per heavy atom. The fraction of sp³-hybridized carbons (Fsp3) is 0.0213. The first kappa shape index (κ1) is 29.6. The lowest BCUT2D eigenvalue weighted by Crippen LogP contribution is -1.98. The maximum Gasteiger partial charge on any atom is 0.160 e. The number of benzene rings is 7. The minimum atomic E-state index is 0.694. The van der Waals surface area contributed by atoms with Crippen LogP contribution in [0.25, 0.3) is 89.2 Å². The van der Waals surface area contributed by atoms with Crippen molar-refractivity contribution in [2.45, 2.75) is 6.92 Å². The number of para-hydroxylation sites is 1. The van der Waals surface area contributed by atoms with Gasteiger partial charge in [-0.05, 0) is 40.5 Å². The Hall–Kier alpha value is -6.58. The first-order chi connectivity index (χ1) is 24.7. The third-order valence-corrected chi connectivity index (χ3v) is 9.52. The summed E-state index contributed by atoms with van der Waals surface area (Å²) in [7, 11) is 0. The van der Waals surface area contributed by atoms with Gasteiger partial charge in [-0.2, -0.15) is 0 Å². The van der Waals surface area contributed by atoms with Gasteiger partial charge < -0.3 is 4.42 Å². The highest BCUT2D eigenvalue weighted by Gasteiger charge is 2.22. The summed E-state index contributed by atoms with van der Waals surface area (Å²) < 4.78 is 6.80. The summed E-state index contributed by atoms with van der Waals surface area (Å²) in [5.74, 6) is 1.60. The molecule has 0 aliphatic rings. The van der Waals surface area contributed by atoms with Crippen LogP contribution in [-0.2, 0) is 0 Å². The van der Waals surface area contributed by atoms with Crippen LogP contribution in [0.3, 0.4) is 0 Å². The average molecular weight is 641 g/mol. The Bertz CT molecular complexity index is 2580. The monoisotopic (exact) mass is 640 g/mol. The van der Waals surface area contributed by atoms with Crippen LogP contribution in [0.2, 0.25) is 0 Å². The zero-order chi connectivity index (χ0) is 33.4. The molecule has 3 heteroatoms. The highest BCUT2D eigenvalue weighted by atomic mass is 16.3. The molecule has 3 nitrogen and oxygen atoms in total. The number of aryl methyl sites for hydroxylation is 1. The molecule has 0 atom stereocenters. The van der Waals surface area contributed by atoms with Crippen molar-refractivity contribution < 1.29 is 4.42 Å². The summed E-state index contributed by atoms with van der Waals surface area (Å²) in [6.45, 7) is 2.15. The Morgan fingerprint density at radius 1 is 0.420 bits per heavy atom. The average Bonchev–Trinajstić information content (AvgIpc) is 3.54. The SMILES string of the molecule is Cc1c(-c2ccccc2)oc2c(-c3ccc4ccccc4c3-c3ccccc3-c3cc(-c4ccccc4)nc(-c4ccccc4)n3)cccc12. The number of nitrogens with zero attached hydrogens (tertiary/aromatic N) is 2. The van der Waals surface area contributed by atoms with Gasteiger partial charge in [0.25, 0.3) is 0 Å². The lowest BCUT2D eigenvalue weighted by Gasteiger charge is -2.18. The minimum Gasteiger partial charge on any atom is -0.455 e. The number of furan rings is 1. The molecule has 0 bridgehead atoms. The molecular formula is C47H32N2O. The van der Waals surface area contributed by atoms with Gasteiger partial charge in [0.15, 0.2) is 5.82 Å². The van der Waals surface area contributed by atoms with Crippen molar-refractivity contribution >= 4 is 21.7 Å². The smallest absolute Gasteiger partial charge is 0.160 e. The zero-order valence-corrected chi connectivity index (χ0v) is 27.5. The van der Waals surface area contributed by atoms with E-state index in [0.717, 1.165) is 78.2 Å². The molecule has 0 saturated heterocycles. The summed E-state index contributed by atoms with van der Waals surface area (Å²) in [5, 5.41) is 3.46. The van der Waals surface area contributed by atoms with Crippen LogP contribution < -0.4 is 0 Å². The van der Waals surface area contributed by atoms with Crippen molar-refractivity contribution in [3.05, 3.63) is 181 Å². The van der Waals surface area contributed by atoms with E-state index in [1.54, 1.807) is 0 Å². The lowest BCUT2D eigenvalue weighted by molar-refractivity contribution is 0.630. The summed E-state index contributed by atoms with van der Waals surface area (Å²) in [4.78, 5) is 10.3. The van der Waals surface area contributed by atoms with Crippen molar-refractivity contribution in [1.82, 2.24) is 9.97 Å². The molecule has 0 amide bonds. The Labute approximate surface area is 291 Å². The van der Waals surface area contributed by atoms with Crippen molar-refractivity contribution in [3.8, 4) is 67.5 Å².